The zero-order chi connectivity index (χ0) is 13.1. The van der Waals surface area contributed by atoms with Gasteiger partial charge in [0.25, 0.3) is 0 Å². The summed E-state index contributed by atoms with van der Waals surface area (Å²) in [6.45, 7) is 1.43. The van der Waals surface area contributed by atoms with Crippen LogP contribution >= 0.6 is 11.8 Å². The molecule has 0 bridgehead atoms. The summed E-state index contributed by atoms with van der Waals surface area (Å²) in [6, 6.07) is 5.34. The Morgan fingerprint density at radius 3 is 3.00 bits per heavy atom. The summed E-state index contributed by atoms with van der Waals surface area (Å²) in [6.07, 6.45) is -0.512. The highest BCUT2D eigenvalue weighted by Gasteiger charge is 2.21. The standard InChI is InChI=1S/C12H14N2O3S/c1-7(15)18-5-10(16)12(17)8-3-2-4-9-11(8)14-6-13-9/h2-4,6,10,12,16-17H,5H2,1H3,(H,13,14). The zero-order valence-electron chi connectivity index (χ0n) is 9.83. The molecular weight excluding hydrogens is 252 g/mol. The lowest BCUT2D eigenvalue weighted by Gasteiger charge is -2.17. The van der Waals surface area contributed by atoms with Crippen molar-refractivity contribution in [3.8, 4) is 0 Å². The molecule has 0 aliphatic carbocycles. The van der Waals surface area contributed by atoms with E-state index < -0.39 is 12.2 Å². The molecule has 2 aromatic rings. The normalized spacial score (nSPS) is 14.6. The van der Waals surface area contributed by atoms with E-state index in [1.807, 2.05) is 6.07 Å². The fourth-order valence-electron chi connectivity index (χ4n) is 1.73. The number of benzene rings is 1. The largest absolute Gasteiger partial charge is 0.389 e. The van der Waals surface area contributed by atoms with Gasteiger partial charge in [-0.25, -0.2) is 4.98 Å². The monoisotopic (exact) mass is 266 g/mol. The van der Waals surface area contributed by atoms with Crippen LogP contribution in [0, 0.1) is 0 Å². The number of thioether (sulfide) groups is 1. The number of nitrogens with one attached hydrogen (secondary N) is 1. The van der Waals surface area contributed by atoms with Gasteiger partial charge in [0.1, 0.15) is 6.10 Å². The number of hydrogen-bond donors (Lipinski definition) is 3. The molecule has 2 rings (SSSR count). The summed E-state index contributed by atoms with van der Waals surface area (Å²) in [5.41, 5.74) is 2.00. The van der Waals surface area contributed by atoms with Gasteiger partial charge in [-0.3, -0.25) is 4.79 Å². The minimum atomic E-state index is -1.05. The van der Waals surface area contributed by atoms with E-state index in [1.165, 1.54) is 13.3 Å². The molecular formula is C12H14N2O3S. The highest BCUT2D eigenvalue weighted by Crippen LogP contribution is 2.25. The predicted octanol–water partition coefficient (Wildman–Crippen LogP) is 1.24. The first-order valence-electron chi connectivity index (χ1n) is 5.51. The van der Waals surface area contributed by atoms with Gasteiger partial charge >= 0.3 is 0 Å². The van der Waals surface area contributed by atoms with Crippen molar-refractivity contribution in [1.29, 1.82) is 0 Å². The van der Waals surface area contributed by atoms with Crippen LogP contribution in [0.3, 0.4) is 0 Å². The SMILES string of the molecule is CC(=O)SCC(O)C(O)c1cccc2[nH]cnc12. The van der Waals surface area contributed by atoms with E-state index in [2.05, 4.69) is 9.97 Å². The summed E-state index contributed by atoms with van der Waals surface area (Å²) in [5.74, 6) is 0.164. The molecule has 0 saturated carbocycles. The quantitative estimate of drug-likeness (QED) is 0.775. The second kappa shape index (κ2) is 5.51. The molecule has 0 fully saturated rings. The maximum absolute atomic E-state index is 10.8. The fourth-order valence-corrected chi connectivity index (χ4v) is 2.32. The Balaban J connectivity index is 2.19. The first-order chi connectivity index (χ1) is 8.59. The number of nitrogens with zero attached hydrogens (tertiary/aromatic N) is 1. The molecule has 18 heavy (non-hydrogen) atoms. The summed E-state index contributed by atoms with van der Waals surface area (Å²) < 4.78 is 0. The third-order valence-corrected chi connectivity index (χ3v) is 3.54. The Morgan fingerprint density at radius 2 is 2.28 bits per heavy atom. The van der Waals surface area contributed by atoms with Crippen LogP contribution in [-0.2, 0) is 4.79 Å². The van der Waals surface area contributed by atoms with Crippen molar-refractivity contribution in [3.63, 3.8) is 0 Å². The van der Waals surface area contributed by atoms with E-state index in [0.717, 1.165) is 17.3 Å². The van der Waals surface area contributed by atoms with E-state index in [9.17, 15) is 15.0 Å². The van der Waals surface area contributed by atoms with E-state index in [-0.39, 0.29) is 10.9 Å². The van der Waals surface area contributed by atoms with Crippen molar-refractivity contribution < 1.29 is 15.0 Å². The van der Waals surface area contributed by atoms with Crippen molar-refractivity contribution in [2.24, 2.45) is 0 Å². The molecule has 2 unspecified atom stereocenters. The minimum absolute atomic E-state index is 0.0840. The van der Waals surface area contributed by atoms with Crippen LogP contribution in [-0.4, -0.2) is 37.2 Å². The van der Waals surface area contributed by atoms with Crippen LogP contribution in [0.2, 0.25) is 0 Å². The molecule has 1 aromatic heterocycles. The number of aromatic amines is 1. The molecule has 0 radical (unpaired) electrons. The van der Waals surface area contributed by atoms with Crippen LogP contribution in [0.15, 0.2) is 24.5 Å². The van der Waals surface area contributed by atoms with E-state index in [4.69, 9.17) is 0 Å². The second-order valence-electron chi connectivity index (χ2n) is 3.96. The van der Waals surface area contributed by atoms with Crippen molar-refractivity contribution in [3.05, 3.63) is 30.1 Å². The van der Waals surface area contributed by atoms with Gasteiger partial charge in [-0.2, -0.15) is 0 Å². The van der Waals surface area contributed by atoms with Crippen molar-refractivity contribution in [2.75, 3.05) is 5.75 Å². The number of hydrogen-bond acceptors (Lipinski definition) is 5. The summed E-state index contributed by atoms with van der Waals surface area (Å²) in [4.78, 5) is 17.9. The Hall–Kier alpha value is -1.37. The number of para-hydroxylation sites is 1. The Bertz CT molecular complexity index is 555. The van der Waals surface area contributed by atoms with Crippen molar-refractivity contribution >= 4 is 27.9 Å². The lowest BCUT2D eigenvalue weighted by molar-refractivity contribution is -0.109. The molecule has 1 heterocycles. The topological polar surface area (TPSA) is 86.2 Å². The molecule has 0 aliphatic heterocycles. The highest BCUT2D eigenvalue weighted by molar-refractivity contribution is 8.13. The number of aliphatic hydroxyl groups is 2. The lowest BCUT2D eigenvalue weighted by atomic mass is 10.0. The van der Waals surface area contributed by atoms with Gasteiger partial charge in [0.05, 0.1) is 23.5 Å². The highest BCUT2D eigenvalue weighted by atomic mass is 32.2. The first kappa shape index (κ1) is 13.1. The maximum Gasteiger partial charge on any atom is 0.185 e. The Morgan fingerprint density at radius 1 is 1.50 bits per heavy atom. The van der Waals surface area contributed by atoms with Gasteiger partial charge in [-0.05, 0) is 6.07 Å². The first-order valence-corrected chi connectivity index (χ1v) is 6.49. The Kier molecular flexibility index (Phi) is 4.00. The number of carbonyl (C=O) groups excluding carboxylic acids is 1. The molecule has 5 nitrogen and oxygen atoms in total. The fraction of sp³-hybridized carbons (Fsp3) is 0.333. The number of carbonyl (C=O) groups is 1. The van der Waals surface area contributed by atoms with Gasteiger partial charge in [-0.1, -0.05) is 23.9 Å². The number of H-pyrrole nitrogens is 1. The third-order valence-electron chi connectivity index (χ3n) is 2.62. The van der Waals surface area contributed by atoms with Crippen molar-refractivity contribution in [1.82, 2.24) is 9.97 Å². The van der Waals surface area contributed by atoms with Crippen LogP contribution in [0.25, 0.3) is 11.0 Å². The molecule has 0 aliphatic rings. The zero-order valence-corrected chi connectivity index (χ0v) is 10.6. The van der Waals surface area contributed by atoms with E-state index in [1.54, 1.807) is 12.1 Å². The van der Waals surface area contributed by atoms with Crippen LogP contribution in [0.4, 0.5) is 0 Å². The van der Waals surface area contributed by atoms with Gasteiger partial charge in [0.2, 0.25) is 0 Å². The smallest absolute Gasteiger partial charge is 0.185 e. The summed E-state index contributed by atoms with van der Waals surface area (Å²) in [5, 5.41) is 19.9. The van der Waals surface area contributed by atoms with Gasteiger partial charge in [0.15, 0.2) is 5.12 Å². The molecule has 0 saturated heterocycles. The number of rotatable bonds is 4. The molecule has 2 atom stereocenters. The average Bonchev–Trinajstić information content (AvgIpc) is 2.82. The van der Waals surface area contributed by atoms with Crippen molar-refractivity contribution in [2.45, 2.75) is 19.1 Å². The molecule has 1 aromatic carbocycles. The molecule has 96 valence electrons. The summed E-state index contributed by atoms with van der Waals surface area (Å²) >= 11 is 0.993. The molecule has 0 amide bonds. The van der Waals surface area contributed by atoms with Gasteiger partial charge in [-0.15, -0.1) is 0 Å². The molecule has 3 N–H and O–H groups in total. The third kappa shape index (κ3) is 2.72. The van der Waals surface area contributed by atoms with E-state index in [0.29, 0.717) is 11.1 Å². The van der Waals surface area contributed by atoms with Gasteiger partial charge in [0, 0.05) is 18.2 Å². The molecule has 6 heteroatoms. The average molecular weight is 266 g/mol. The molecule has 0 spiro atoms. The van der Waals surface area contributed by atoms with Crippen LogP contribution in [0.5, 0.6) is 0 Å². The Labute approximate surface area is 108 Å². The van der Waals surface area contributed by atoms with Crippen LogP contribution in [0.1, 0.15) is 18.6 Å². The minimum Gasteiger partial charge on any atom is -0.389 e. The predicted molar refractivity (Wildman–Crippen MR) is 70.2 cm³/mol. The number of aromatic nitrogens is 2. The summed E-state index contributed by atoms with van der Waals surface area (Å²) in [7, 11) is 0. The second-order valence-corrected chi connectivity index (χ2v) is 5.16. The number of imidazole rings is 1. The van der Waals surface area contributed by atoms with E-state index >= 15 is 0 Å². The number of fused-ring (bicyclic) bond motifs is 1. The van der Waals surface area contributed by atoms with Gasteiger partial charge < -0.3 is 15.2 Å². The van der Waals surface area contributed by atoms with Crippen LogP contribution < -0.4 is 0 Å². The maximum atomic E-state index is 10.8. The lowest BCUT2D eigenvalue weighted by Crippen LogP contribution is -2.21. The number of aliphatic hydroxyl groups excluding tert-OH is 2.